The van der Waals surface area contributed by atoms with Gasteiger partial charge in [-0.1, -0.05) is 18.2 Å². The molecule has 0 aliphatic heterocycles. The van der Waals surface area contributed by atoms with E-state index in [2.05, 4.69) is 15.7 Å². The molecule has 30 heavy (non-hydrogen) atoms. The third kappa shape index (κ3) is 5.38. The van der Waals surface area contributed by atoms with Crippen molar-refractivity contribution in [3.05, 3.63) is 88.7 Å². The number of hydrogen-bond acceptors (Lipinski definition) is 5. The summed E-state index contributed by atoms with van der Waals surface area (Å²) in [6.45, 7) is 1.73. The van der Waals surface area contributed by atoms with Crippen molar-refractivity contribution in [2.75, 3.05) is 10.6 Å². The molecule has 2 amide bonds. The number of non-ortho nitro benzene ring substituents is 1. The minimum atomic E-state index is -0.496. The first kappa shape index (κ1) is 20.5. The summed E-state index contributed by atoms with van der Waals surface area (Å²) in [5.41, 5.74) is 1.51. The molecule has 0 bridgehead atoms. The van der Waals surface area contributed by atoms with Crippen LogP contribution in [0.1, 0.15) is 18.5 Å². The van der Waals surface area contributed by atoms with E-state index in [1.807, 2.05) is 0 Å². The Labute approximate surface area is 172 Å². The molecule has 2 aromatic carbocycles. The van der Waals surface area contributed by atoms with Crippen molar-refractivity contribution in [3.8, 4) is 0 Å². The van der Waals surface area contributed by atoms with Crippen LogP contribution in [0.2, 0.25) is 0 Å². The van der Waals surface area contributed by atoms with Gasteiger partial charge in [0.05, 0.1) is 4.92 Å². The number of nitro benzene ring substituents is 1. The lowest BCUT2D eigenvalue weighted by Gasteiger charge is -2.13. The second kappa shape index (κ2) is 9.28. The van der Waals surface area contributed by atoms with E-state index in [-0.39, 0.29) is 11.6 Å². The van der Waals surface area contributed by atoms with Crippen molar-refractivity contribution < 1.29 is 14.5 Å². The molecule has 0 spiro atoms. The molecule has 9 nitrogen and oxygen atoms in total. The summed E-state index contributed by atoms with van der Waals surface area (Å²) < 4.78 is 1.54. The molecule has 0 fully saturated rings. The van der Waals surface area contributed by atoms with Crippen LogP contribution >= 0.6 is 0 Å². The van der Waals surface area contributed by atoms with Gasteiger partial charge in [0.25, 0.3) is 5.69 Å². The van der Waals surface area contributed by atoms with E-state index in [4.69, 9.17) is 0 Å². The van der Waals surface area contributed by atoms with E-state index in [1.54, 1.807) is 66.5 Å². The van der Waals surface area contributed by atoms with Crippen molar-refractivity contribution in [2.24, 2.45) is 0 Å². The maximum absolute atomic E-state index is 12.4. The van der Waals surface area contributed by atoms with Crippen molar-refractivity contribution in [1.29, 1.82) is 0 Å². The Balaban J connectivity index is 1.62. The van der Waals surface area contributed by atoms with Gasteiger partial charge in [0.2, 0.25) is 11.8 Å². The number of benzene rings is 2. The summed E-state index contributed by atoms with van der Waals surface area (Å²) in [6.07, 6.45) is 6.07. The molecule has 0 aliphatic carbocycles. The lowest BCUT2D eigenvalue weighted by molar-refractivity contribution is -0.384. The highest BCUT2D eigenvalue weighted by atomic mass is 16.6. The maximum atomic E-state index is 12.4. The first-order valence-corrected chi connectivity index (χ1v) is 9.06. The van der Waals surface area contributed by atoms with Gasteiger partial charge in [-0.2, -0.15) is 5.10 Å². The maximum Gasteiger partial charge on any atom is 0.270 e. The molecular weight excluding hydrogens is 386 g/mol. The highest BCUT2D eigenvalue weighted by Crippen LogP contribution is 2.18. The molecule has 2 N–H and O–H groups in total. The van der Waals surface area contributed by atoms with E-state index in [9.17, 15) is 19.7 Å². The summed E-state index contributed by atoms with van der Waals surface area (Å²) in [5.74, 6) is -0.650. The molecule has 0 saturated carbocycles. The molecule has 1 atom stereocenters. The van der Waals surface area contributed by atoms with Crippen LogP contribution in [0, 0.1) is 10.1 Å². The van der Waals surface area contributed by atoms with E-state index >= 15 is 0 Å². The number of amides is 2. The van der Waals surface area contributed by atoms with Gasteiger partial charge < -0.3 is 10.6 Å². The molecule has 9 heteroatoms. The number of hydrogen-bond donors (Lipinski definition) is 2. The topological polar surface area (TPSA) is 119 Å². The molecule has 1 unspecified atom stereocenters. The van der Waals surface area contributed by atoms with Crippen molar-refractivity contribution in [1.82, 2.24) is 9.78 Å². The summed E-state index contributed by atoms with van der Waals surface area (Å²) >= 11 is 0. The number of carbonyl (C=O) groups excluding carboxylic acids is 2. The highest BCUT2D eigenvalue weighted by molar-refractivity contribution is 6.02. The molecule has 3 aromatic rings. The zero-order chi connectivity index (χ0) is 21.5. The summed E-state index contributed by atoms with van der Waals surface area (Å²) in [7, 11) is 0. The smallest absolute Gasteiger partial charge is 0.270 e. The van der Waals surface area contributed by atoms with Gasteiger partial charge in [0, 0.05) is 42.0 Å². The SMILES string of the molecule is CC(C(=O)Nc1cccc(NC(=O)/C=C/c2cccc([N+](=O)[O-])c2)c1)n1cccn1. The molecule has 1 aromatic heterocycles. The Bertz CT molecular complexity index is 1090. The lowest BCUT2D eigenvalue weighted by Crippen LogP contribution is -2.24. The minimum absolute atomic E-state index is 0.0506. The van der Waals surface area contributed by atoms with Crippen LogP contribution in [-0.4, -0.2) is 26.5 Å². The number of rotatable bonds is 7. The number of nitro groups is 1. The van der Waals surface area contributed by atoms with Crippen LogP contribution in [0.25, 0.3) is 6.08 Å². The highest BCUT2D eigenvalue weighted by Gasteiger charge is 2.15. The van der Waals surface area contributed by atoms with Crippen molar-refractivity contribution in [3.63, 3.8) is 0 Å². The Hall–Kier alpha value is -4.27. The van der Waals surface area contributed by atoms with E-state index in [0.29, 0.717) is 16.9 Å². The van der Waals surface area contributed by atoms with Gasteiger partial charge in [-0.15, -0.1) is 0 Å². The molecule has 0 aliphatic rings. The fraction of sp³-hybridized carbons (Fsp3) is 0.0952. The van der Waals surface area contributed by atoms with Crippen LogP contribution in [-0.2, 0) is 9.59 Å². The van der Waals surface area contributed by atoms with Gasteiger partial charge in [0.1, 0.15) is 6.04 Å². The van der Waals surface area contributed by atoms with Crippen molar-refractivity contribution in [2.45, 2.75) is 13.0 Å². The van der Waals surface area contributed by atoms with Crippen LogP contribution in [0.5, 0.6) is 0 Å². The number of aromatic nitrogens is 2. The summed E-state index contributed by atoms with van der Waals surface area (Å²) in [4.78, 5) is 34.9. The Morgan fingerprint density at radius 1 is 1.10 bits per heavy atom. The predicted molar refractivity (Wildman–Crippen MR) is 113 cm³/mol. The van der Waals surface area contributed by atoms with Gasteiger partial charge in [-0.25, -0.2) is 0 Å². The zero-order valence-corrected chi connectivity index (χ0v) is 16.1. The van der Waals surface area contributed by atoms with Gasteiger partial charge in [-0.3, -0.25) is 24.4 Å². The Morgan fingerprint density at radius 3 is 2.53 bits per heavy atom. The van der Waals surface area contributed by atoms with Crippen LogP contribution in [0.4, 0.5) is 17.1 Å². The number of carbonyl (C=O) groups is 2. The minimum Gasteiger partial charge on any atom is -0.324 e. The van der Waals surface area contributed by atoms with Gasteiger partial charge in [-0.05, 0) is 42.8 Å². The predicted octanol–water partition coefficient (Wildman–Crippen LogP) is 3.64. The summed E-state index contributed by atoms with van der Waals surface area (Å²) in [5, 5.41) is 20.3. The summed E-state index contributed by atoms with van der Waals surface area (Å²) in [6, 6.07) is 13.9. The third-order valence-corrected chi connectivity index (χ3v) is 4.21. The largest absolute Gasteiger partial charge is 0.324 e. The molecular formula is C21H19N5O4. The normalized spacial score (nSPS) is 11.8. The average molecular weight is 405 g/mol. The van der Waals surface area contributed by atoms with Gasteiger partial charge in [0.15, 0.2) is 0 Å². The third-order valence-electron chi connectivity index (χ3n) is 4.21. The van der Waals surface area contributed by atoms with E-state index < -0.39 is 16.9 Å². The first-order valence-electron chi connectivity index (χ1n) is 9.06. The molecule has 1 heterocycles. The van der Waals surface area contributed by atoms with E-state index in [1.165, 1.54) is 24.3 Å². The molecule has 0 radical (unpaired) electrons. The standard InChI is InChI=1S/C21H19N5O4/c1-15(25-12-4-11-22-25)21(28)24-18-7-3-6-17(14-18)23-20(27)10-9-16-5-2-8-19(13-16)26(29)30/h2-15H,1H3,(H,23,27)(H,24,28)/b10-9+. The zero-order valence-electron chi connectivity index (χ0n) is 16.1. The van der Waals surface area contributed by atoms with Gasteiger partial charge >= 0.3 is 0 Å². The average Bonchev–Trinajstić information content (AvgIpc) is 3.27. The number of nitrogens with one attached hydrogen (secondary N) is 2. The number of nitrogens with zero attached hydrogens (tertiary/aromatic N) is 3. The fourth-order valence-electron chi connectivity index (χ4n) is 2.65. The van der Waals surface area contributed by atoms with Crippen molar-refractivity contribution >= 4 is 35.0 Å². The van der Waals surface area contributed by atoms with Crippen LogP contribution in [0.3, 0.4) is 0 Å². The second-order valence-electron chi connectivity index (χ2n) is 6.41. The number of anilines is 2. The Morgan fingerprint density at radius 2 is 1.83 bits per heavy atom. The fourth-order valence-corrected chi connectivity index (χ4v) is 2.65. The first-order chi connectivity index (χ1) is 14.4. The Kier molecular flexibility index (Phi) is 6.33. The van der Waals surface area contributed by atoms with Crippen LogP contribution in [0.15, 0.2) is 73.1 Å². The quantitative estimate of drug-likeness (QED) is 0.353. The lowest BCUT2D eigenvalue weighted by atomic mass is 10.2. The second-order valence-corrected chi connectivity index (χ2v) is 6.41. The monoisotopic (exact) mass is 405 g/mol. The molecule has 3 rings (SSSR count). The molecule has 152 valence electrons. The van der Waals surface area contributed by atoms with E-state index in [0.717, 1.165) is 0 Å². The van der Waals surface area contributed by atoms with Crippen LogP contribution < -0.4 is 10.6 Å². The molecule has 0 saturated heterocycles.